The molecule has 0 radical (unpaired) electrons. The van der Waals surface area contributed by atoms with Crippen LogP contribution in [0.1, 0.15) is 386 Å². The highest BCUT2D eigenvalue weighted by molar-refractivity contribution is 5.76. The van der Waals surface area contributed by atoms with Crippen molar-refractivity contribution in [3.8, 4) is 0 Å². The van der Waals surface area contributed by atoms with Gasteiger partial charge in [0, 0.05) is 6.42 Å². The van der Waals surface area contributed by atoms with Crippen LogP contribution in [0.4, 0.5) is 0 Å². The van der Waals surface area contributed by atoms with Gasteiger partial charge in [-0.2, -0.15) is 0 Å². The van der Waals surface area contributed by atoms with E-state index in [4.69, 9.17) is 9.47 Å². The van der Waals surface area contributed by atoms with Gasteiger partial charge in [-0.3, -0.25) is 4.79 Å². The predicted octanol–water partition coefficient (Wildman–Crippen LogP) is 19.9. The number of ether oxygens (including phenoxy) is 2. The summed E-state index contributed by atoms with van der Waals surface area (Å²) in [5, 5.41) is 54.8. The van der Waals surface area contributed by atoms with Crippen LogP contribution in [-0.2, 0) is 14.3 Å². The molecule has 1 rings (SSSR count). The first-order chi connectivity index (χ1) is 39.8. The quantitative estimate of drug-likeness (QED) is 0.0261. The number of hydrogen-bond acceptors (Lipinski definition) is 8. The summed E-state index contributed by atoms with van der Waals surface area (Å²) >= 11 is 0. The van der Waals surface area contributed by atoms with Crippen LogP contribution in [0.25, 0.3) is 0 Å². The van der Waals surface area contributed by atoms with E-state index in [1.807, 2.05) is 6.08 Å². The minimum atomic E-state index is -1.56. The number of amides is 1. The summed E-state index contributed by atoms with van der Waals surface area (Å²) in [6.07, 6.45) is 73.4. The van der Waals surface area contributed by atoms with Crippen molar-refractivity contribution < 1.29 is 39.8 Å². The lowest BCUT2D eigenvalue weighted by atomic mass is 9.99. The summed E-state index contributed by atoms with van der Waals surface area (Å²) in [5.74, 6) is -0.166. The van der Waals surface area contributed by atoms with E-state index in [0.29, 0.717) is 6.42 Å². The molecule has 0 spiro atoms. The summed E-state index contributed by atoms with van der Waals surface area (Å²) < 4.78 is 11.3. The Labute approximate surface area is 503 Å². The largest absolute Gasteiger partial charge is 0.394 e. The number of carbonyl (C=O) groups is 1. The number of rotatable bonds is 65. The molecule has 0 aromatic rings. The number of hydrogen-bond donors (Lipinski definition) is 6. The molecule has 7 unspecified atom stereocenters. The normalized spacial score (nSPS) is 18.3. The molecule has 9 heteroatoms. The monoisotopic (exact) mass is 1150 g/mol. The van der Waals surface area contributed by atoms with Gasteiger partial charge in [0.1, 0.15) is 24.4 Å². The van der Waals surface area contributed by atoms with Crippen LogP contribution in [0.15, 0.2) is 12.2 Å². The van der Waals surface area contributed by atoms with E-state index in [-0.39, 0.29) is 12.5 Å². The van der Waals surface area contributed by atoms with Crippen molar-refractivity contribution in [1.29, 1.82) is 0 Å². The molecule has 1 saturated heterocycles. The van der Waals surface area contributed by atoms with Crippen molar-refractivity contribution in [2.24, 2.45) is 0 Å². The predicted molar refractivity (Wildman–Crippen MR) is 346 cm³/mol. The van der Waals surface area contributed by atoms with Crippen molar-refractivity contribution >= 4 is 5.91 Å². The van der Waals surface area contributed by atoms with Gasteiger partial charge in [-0.05, 0) is 19.3 Å². The lowest BCUT2D eigenvalue weighted by Crippen LogP contribution is -2.60. The van der Waals surface area contributed by atoms with Crippen molar-refractivity contribution in [3.05, 3.63) is 12.2 Å². The maximum Gasteiger partial charge on any atom is 0.220 e. The van der Waals surface area contributed by atoms with Crippen LogP contribution in [0.3, 0.4) is 0 Å². The number of aliphatic hydroxyl groups is 5. The summed E-state index contributed by atoms with van der Waals surface area (Å²) in [6, 6.07) is -0.802. The molecule has 0 bridgehead atoms. The highest BCUT2D eigenvalue weighted by Gasteiger charge is 2.44. The lowest BCUT2D eigenvalue weighted by molar-refractivity contribution is -0.302. The maximum absolute atomic E-state index is 13.1. The molecule has 6 N–H and O–H groups in total. The Balaban J connectivity index is 2.09. The van der Waals surface area contributed by atoms with E-state index in [1.54, 1.807) is 6.08 Å². The third-order valence-corrected chi connectivity index (χ3v) is 17.9. The van der Waals surface area contributed by atoms with Crippen molar-refractivity contribution in [2.45, 2.75) is 429 Å². The van der Waals surface area contributed by atoms with Gasteiger partial charge in [-0.1, -0.05) is 373 Å². The van der Waals surface area contributed by atoms with E-state index in [0.717, 1.165) is 38.5 Å². The second-order valence-electron chi connectivity index (χ2n) is 25.8. The first-order valence-corrected chi connectivity index (χ1v) is 36.4. The van der Waals surface area contributed by atoms with Crippen molar-refractivity contribution in [1.82, 2.24) is 5.32 Å². The molecular weight excluding hydrogens is 1010 g/mol. The number of unbranched alkanes of at least 4 members (excludes halogenated alkanes) is 55. The summed E-state index contributed by atoms with van der Waals surface area (Å²) in [5.41, 5.74) is 0. The van der Waals surface area contributed by atoms with Gasteiger partial charge in [-0.25, -0.2) is 0 Å². The minimum Gasteiger partial charge on any atom is -0.394 e. The second-order valence-corrected chi connectivity index (χ2v) is 25.8. The molecule has 9 nitrogen and oxygen atoms in total. The van der Waals surface area contributed by atoms with Gasteiger partial charge >= 0.3 is 0 Å². The SMILES string of the molecule is CCCCCCCCCCCCCCCCCCCCCCCCC/C=C/C(O)C(COC1OC(CO)C(O)C(O)C1O)NC(=O)CCCCCCCCCCCCCCCCCCCCCCCCCCCCCCCCCCC. The van der Waals surface area contributed by atoms with Gasteiger partial charge in [0.25, 0.3) is 0 Å². The highest BCUT2D eigenvalue weighted by atomic mass is 16.7. The molecule has 0 saturated carbocycles. The first kappa shape index (κ1) is 77.9. The van der Waals surface area contributed by atoms with Crippen LogP contribution < -0.4 is 5.32 Å². The van der Waals surface area contributed by atoms with Crippen molar-refractivity contribution in [3.63, 3.8) is 0 Å². The van der Waals surface area contributed by atoms with Crippen LogP contribution in [0, 0.1) is 0 Å². The molecule has 0 aliphatic carbocycles. The Bertz CT molecular complexity index is 1280. The fourth-order valence-electron chi connectivity index (χ4n) is 12.2. The Hall–Kier alpha value is -1.07. The summed E-state index contributed by atoms with van der Waals surface area (Å²) in [4.78, 5) is 13.1. The van der Waals surface area contributed by atoms with Gasteiger partial charge in [0.15, 0.2) is 6.29 Å². The average Bonchev–Trinajstić information content (AvgIpc) is 3.47. The van der Waals surface area contributed by atoms with Gasteiger partial charge in [0.05, 0.1) is 25.4 Å². The van der Waals surface area contributed by atoms with Crippen LogP contribution in [0.5, 0.6) is 0 Å². The number of allylic oxidation sites excluding steroid dienone is 1. The van der Waals surface area contributed by atoms with Crippen LogP contribution in [0.2, 0.25) is 0 Å². The third kappa shape index (κ3) is 50.8. The summed E-state index contributed by atoms with van der Waals surface area (Å²) in [7, 11) is 0. The zero-order valence-corrected chi connectivity index (χ0v) is 54.1. The zero-order chi connectivity index (χ0) is 58.6. The molecule has 7 atom stereocenters. The molecule has 0 aromatic carbocycles. The van der Waals surface area contributed by atoms with Crippen LogP contribution in [-0.4, -0.2) is 87.5 Å². The van der Waals surface area contributed by atoms with Gasteiger partial charge in [-0.15, -0.1) is 0 Å². The molecule has 1 aliphatic heterocycles. The van der Waals surface area contributed by atoms with E-state index in [1.165, 1.54) is 327 Å². The lowest BCUT2D eigenvalue weighted by Gasteiger charge is -2.40. The average molecular weight is 1150 g/mol. The molecule has 1 amide bonds. The van der Waals surface area contributed by atoms with Crippen molar-refractivity contribution in [2.75, 3.05) is 13.2 Å². The smallest absolute Gasteiger partial charge is 0.220 e. The van der Waals surface area contributed by atoms with E-state index in [2.05, 4.69) is 19.2 Å². The fraction of sp³-hybridized carbons (Fsp3) is 0.958. The van der Waals surface area contributed by atoms with Gasteiger partial charge in [0.2, 0.25) is 5.91 Å². The number of carbonyl (C=O) groups excluding carboxylic acids is 1. The highest BCUT2D eigenvalue weighted by Crippen LogP contribution is 2.24. The summed E-state index contributed by atoms with van der Waals surface area (Å²) in [6.45, 7) is 3.85. The Morgan fingerprint density at radius 3 is 0.963 bits per heavy atom. The Morgan fingerprint density at radius 2 is 0.679 bits per heavy atom. The van der Waals surface area contributed by atoms with Gasteiger partial charge < -0.3 is 40.3 Å². The zero-order valence-electron chi connectivity index (χ0n) is 54.1. The van der Waals surface area contributed by atoms with E-state index < -0.39 is 49.5 Å². The van der Waals surface area contributed by atoms with E-state index >= 15 is 0 Å². The third-order valence-electron chi connectivity index (χ3n) is 17.9. The van der Waals surface area contributed by atoms with Crippen LogP contribution >= 0.6 is 0 Å². The molecule has 1 heterocycles. The maximum atomic E-state index is 13.1. The topological polar surface area (TPSA) is 149 Å². The Kier molecular flexibility index (Phi) is 59.7. The molecule has 1 fully saturated rings. The standard InChI is InChI=1S/C72H141NO8/c1-3-5-7-9-11-13-15-17-19-21-23-25-27-29-30-31-32-33-34-35-36-38-40-42-44-46-48-50-52-54-56-58-60-62-68(76)73-65(64-80-72-71(79)70(78)69(77)67(63-74)81-72)66(75)61-59-57-55-53-51-49-47-45-43-41-39-37-28-26-24-22-20-18-16-14-12-10-8-6-4-2/h59,61,65-67,69-72,74-75,77-79H,3-58,60,62-64H2,1-2H3,(H,73,76)/b61-59+. The molecule has 0 aromatic heterocycles. The number of nitrogens with one attached hydrogen (secondary N) is 1. The molecule has 482 valence electrons. The molecule has 1 aliphatic rings. The second kappa shape index (κ2) is 62.0. The molecule has 81 heavy (non-hydrogen) atoms. The van der Waals surface area contributed by atoms with E-state index in [9.17, 15) is 30.3 Å². The first-order valence-electron chi connectivity index (χ1n) is 36.4. The Morgan fingerprint density at radius 1 is 0.407 bits per heavy atom. The fourth-order valence-corrected chi connectivity index (χ4v) is 12.2. The number of aliphatic hydroxyl groups excluding tert-OH is 5. The molecular formula is C72H141NO8. The minimum absolute atomic E-state index is 0.166.